The number of amides is 2. The van der Waals surface area contributed by atoms with Crippen LogP contribution >= 0.6 is 0 Å². The zero-order chi connectivity index (χ0) is 22.3. The third kappa shape index (κ3) is 3.56. The topological polar surface area (TPSA) is 104 Å². The molecule has 31 heavy (non-hydrogen) atoms. The average Bonchev–Trinajstić information content (AvgIpc) is 2.74. The lowest BCUT2D eigenvalue weighted by Gasteiger charge is -2.48. The predicted molar refractivity (Wildman–Crippen MR) is 107 cm³/mol. The largest absolute Gasteiger partial charge is 0.503 e. The summed E-state index contributed by atoms with van der Waals surface area (Å²) in [7, 11) is 1.65. The lowest BCUT2D eigenvalue weighted by Crippen LogP contribution is -2.61. The molecular formula is C21H22F2N4O4. The van der Waals surface area contributed by atoms with E-state index in [1.807, 2.05) is 0 Å². The van der Waals surface area contributed by atoms with E-state index in [1.54, 1.807) is 11.9 Å². The SMILES string of the molecule is CN1C(=O)c2c(O)c(=O)c(C(=O)NCc3ccc(F)cc3F)cn2CC12CCNCC2. The highest BCUT2D eigenvalue weighted by Gasteiger charge is 2.45. The van der Waals surface area contributed by atoms with Crippen LogP contribution in [0.2, 0.25) is 0 Å². The number of rotatable bonds is 3. The van der Waals surface area contributed by atoms with Crippen molar-refractivity contribution in [3.63, 3.8) is 0 Å². The van der Waals surface area contributed by atoms with Gasteiger partial charge in [-0.15, -0.1) is 0 Å². The molecule has 0 bridgehead atoms. The minimum atomic E-state index is -0.980. The summed E-state index contributed by atoms with van der Waals surface area (Å²) in [5.41, 5.74) is -1.93. The predicted octanol–water partition coefficient (Wildman–Crippen LogP) is 0.970. The van der Waals surface area contributed by atoms with Crippen LogP contribution in [0.4, 0.5) is 8.78 Å². The molecule has 4 rings (SSSR count). The van der Waals surface area contributed by atoms with Crippen molar-refractivity contribution in [1.82, 2.24) is 20.1 Å². The second-order valence-electron chi connectivity index (χ2n) is 7.95. The number of fused-ring (bicyclic) bond motifs is 1. The Labute approximate surface area is 176 Å². The highest BCUT2D eigenvalue weighted by Crippen LogP contribution is 2.34. The molecule has 2 aromatic rings. The molecule has 2 aliphatic rings. The van der Waals surface area contributed by atoms with Crippen LogP contribution in [-0.4, -0.2) is 52.1 Å². The van der Waals surface area contributed by atoms with E-state index in [2.05, 4.69) is 10.6 Å². The number of aromatic nitrogens is 1. The number of benzene rings is 1. The molecule has 1 saturated heterocycles. The Morgan fingerprint density at radius 1 is 1.26 bits per heavy atom. The Bertz CT molecular complexity index is 1130. The van der Waals surface area contributed by atoms with E-state index in [-0.39, 0.29) is 23.4 Å². The van der Waals surface area contributed by atoms with E-state index in [9.17, 15) is 28.3 Å². The van der Waals surface area contributed by atoms with Gasteiger partial charge in [0.1, 0.15) is 17.2 Å². The normalized spacial score (nSPS) is 17.5. The maximum absolute atomic E-state index is 13.8. The molecule has 2 amide bonds. The van der Waals surface area contributed by atoms with Crippen molar-refractivity contribution in [2.75, 3.05) is 20.1 Å². The van der Waals surface area contributed by atoms with Crippen LogP contribution in [0.3, 0.4) is 0 Å². The van der Waals surface area contributed by atoms with E-state index < -0.39 is 40.2 Å². The van der Waals surface area contributed by atoms with E-state index in [0.717, 1.165) is 19.2 Å². The second kappa shape index (κ2) is 7.77. The maximum Gasteiger partial charge on any atom is 0.274 e. The molecule has 2 aliphatic heterocycles. The molecule has 10 heteroatoms. The van der Waals surface area contributed by atoms with E-state index in [4.69, 9.17) is 0 Å². The van der Waals surface area contributed by atoms with Gasteiger partial charge in [-0.3, -0.25) is 14.4 Å². The fourth-order valence-electron chi connectivity index (χ4n) is 4.28. The van der Waals surface area contributed by atoms with Crippen molar-refractivity contribution in [3.8, 4) is 5.75 Å². The summed E-state index contributed by atoms with van der Waals surface area (Å²) in [6, 6.07) is 2.95. The maximum atomic E-state index is 13.8. The van der Waals surface area contributed by atoms with Gasteiger partial charge in [0.25, 0.3) is 11.8 Å². The summed E-state index contributed by atoms with van der Waals surface area (Å²) in [5, 5.41) is 16.1. The molecule has 0 atom stereocenters. The van der Waals surface area contributed by atoms with Crippen molar-refractivity contribution in [2.45, 2.75) is 31.5 Å². The van der Waals surface area contributed by atoms with Gasteiger partial charge in [0, 0.05) is 38.0 Å². The third-order valence-corrected chi connectivity index (χ3v) is 6.17. The summed E-state index contributed by atoms with van der Waals surface area (Å²) < 4.78 is 28.3. The van der Waals surface area contributed by atoms with Crippen molar-refractivity contribution in [1.29, 1.82) is 0 Å². The Morgan fingerprint density at radius 3 is 2.65 bits per heavy atom. The monoisotopic (exact) mass is 432 g/mol. The van der Waals surface area contributed by atoms with Crippen molar-refractivity contribution >= 4 is 11.8 Å². The number of nitrogens with one attached hydrogen (secondary N) is 2. The van der Waals surface area contributed by atoms with Crippen LogP contribution in [0.15, 0.2) is 29.2 Å². The van der Waals surface area contributed by atoms with E-state index in [0.29, 0.717) is 25.5 Å². The first-order valence-electron chi connectivity index (χ1n) is 9.91. The van der Waals surface area contributed by atoms with Gasteiger partial charge in [-0.05, 0) is 32.0 Å². The first kappa shape index (κ1) is 21.0. The number of carbonyl (C=O) groups excluding carboxylic acids is 2. The van der Waals surface area contributed by atoms with Gasteiger partial charge in [0.15, 0.2) is 11.4 Å². The van der Waals surface area contributed by atoms with Crippen LogP contribution in [0.1, 0.15) is 39.3 Å². The summed E-state index contributed by atoms with van der Waals surface area (Å²) in [5.74, 6) is -3.67. The molecule has 0 unspecified atom stereocenters. The number of piperidine rings is 1. The number of hydrogen-bond acceptors (Lipinski definition) is 5. The van der Waals surface area contributed by atoms with Crippen molar-refractivity contribution in [3.05, 3.63) is 63.1 Å². The van der Waals surface area contributed by atoms with Crippen LogP contribution in [-0.2, 0) is 13.1 Å². The molecule has 1 spiro atoms. The van der Waals surface area contributed by atoms with Crippen LogP contribution in [0, 0.1) is 11.6 Å². The van der Waals surface area contributed by atoms with Crippen LogP contribution in [0.5, 0.6) is 5.75 Å². The Kier molecular flexibility index (Phi) is 5.26. The highest BCUT2D eigenvalue weighted by atomic mass is 19.1. The third-order valence-electron chi connectivity index (χ3n) is 6.17. The number of aromatic hydroxyl groups is 1. The molecule has 1 fully saturated rings. The van der Waals surface area contributed by atoms with Gasteiger partial charge in [-0.2, -0.15) is 0 Å². The molecule has 1 aromatic heterocycles. The van der Waals surface area contributed by atoms with Crippen molar-refractivity contribution < 1.29 is 23.5 Å². The van der Waals surface area contributed by atoms with E-state index >= 15 is 0 Å². The molecule has 3 heterocycles. The van der Waals surface area contributed by atoms with Crippen molar-refractivity contribution in [2.24, 2.45) is 0 Å². The van der Waals surface area contributed by atoms with Gasteiger partial charge in [-0.1, -0.05) is 6.07 Å². The van der Waals surface area contributed by atoms with Gasteiger partial charge in [0.05, 0.1) is 5.54 Å². The summed E-state index contributed by atoms with van der Waals surface area (Å²) in [4.78, 5) is 39.7. The highest BCUT2D eigenvalue weighted by molar-refractivity contribution is 5.99. The summed E-state index contributed by atoms with van der Waals surface area (Å²) >= 11 is 0. The number of halogens is 2. The number of carbonyl (C=O) groups is 2. The van der Waals surface area contributed by atoms with Gasteiger partial charge in [0.2, 0.25) is 5.43 Å². The Balaban J connectivity index is 1.65. The minimum absolute atomic E-state index is 0.0440. The molecule has 8 nitrogen and oxygen atoms in total. The average molecular weight is 432 g/mol. The molecule has 164 valence electrons. The molecule has 3 N–H and O–H groups in total. The van der Waals surface area contributed by atoms with Crippen LogP contribution < -0.4 is 16.1 Å². The molecule has 0 radical (unpaired) electrons. The number of nitrogens with zero attached hydrogens (tertiary/aromatic N) is 2. The smallest absolute Gasteiger partial charge is 0.274 e. The molecule has 0 saturated carbocycles. The minimum Gasteiger partial charge on any atom is -0.503 e. The number of hydrogen-bond donors (Lipinski definition) is 3. The fraction of sp³-hybridized carbons (Fsp3) is 0.381. The van der Waals surface area contributed by atoms with E-state index in [1.165, 1.54) is 16.8 Å². The van der Waals surface area contributed by atoms with Gasteiger partial charge in [-0.25, -0.2) is 8.78 Å². The number of pyridine rings is 1. The standard InChI is InChI=1S/C21H22F2N4O4/c1-26-20(31)16-18(29)17(28)14(10-27(16)11-21(26)4-6-24-7-5-21)19(30)25-9-12-2-3-13(22)8-15(12)23/h2-3,8,10,24,29H,4-7,9,11H2,1H3,(H,25,30). The molecule has 1 aromatic carbocycles. The summed E-state index contributed by atoms with van der Waals surface area (Å²) in [6.45, 7) is 1.49. The fourth-order valence-corrected chi connectivity index (χ4v) is 4.28. The summed E-state index contributed by atoms with van der Waals surface area (Å²) in [6.07, 6.45) is 2.64. The lowest BCUT2D eigenvalue weighted by atomic mass is 9.84. The zero-order valence-electron chi connectivity index (χ0n) is 16.9. The lowest BCUT2D eigenvalue weighted by molar-refractivity contribution is 0.0284. The molecular weight excluding hydrogens is 410 g/mol. The Morgan fingerprint density at radius 2 is 1.97 bits per heavy atom. The van der Waals surface area contributed by atoms with Crippen LogP contribution in [0.25, 0.3) is 0 Å². The number of likely N-dealkylation sites (N-methyl/N-ethyl adjacent to an activating group) is 1. The quantitative estimate of drug-likeness (QED) is 0.671. The first-order valence-corrected chi connectivity index (χ1v) is 9.91. The second-order valence-corrected chi connectivity index (χ2v) is 7.95. The first-order chi connectivity index (χ1) is 14.7. The molecule has 0 aliphatic carbocycles. The van der Waals surface area contributed by atoms with Gasteiger partial charge >= 0.3 is 0 Å². The Hall–Kier alpha value is -3.27. The zero-order valence-corrected chi connectivity index (χ0v) is 16.9. The van der Waals surface area contributed by atoms with Gasteiger partial charge < -0.3 is 25.2 Å².